The second kappa shape index (κ2) is 32.5. The number of rotatable bonds is 19. The summed E-state index contributed by atoms with van der Waals surface area (Å²) in [6.07, 6.45) is -58.1. The lowest BCUT2D eigenvalue weighted by atomic mass is 9.33. The van der Waals surface area contributed by atoms with Crippen LogP contribution in [-0.2, 0) is 90.2 Å². The number of esters is 2. The summed E-state index contributed by atoms with van der Waals surface area (Å²) in [5.41, 5.74) is -5.19. The molecule has 38 nitrogen and oxygen atoms in total. The molecule has 0 amide bonds. The summed E-state index contributed by atoms with van der Waals surface area (Å²) >= 11 is 0. The molecule has 0 radical (unpaired) electrons. The number of carbonyl (C=O) groups is 4. The Balaban J connectivity index is 0.822. The van der Waals surface area contributed by atoms with Gasteiger partial charge in [0.15, 0.2) is 56.1 Å². The van der Waals surface area contributed by atoms with E-state index in [0.29, 0.717) is 38.5 Å². The van der Waals surface area contributed by atoms with Crippen molar-refractivity contribution in [2.24, 2.45) is 50.2 Å². The van der Waals surface area contributed by atoms with Crippen LogP contribution in [0.5, 0.6) is 0 Å². The van der Waals surface area contributed by atoms with Crippen LogP contribution in [0.2, 0.25) is 0 Å². The Hall–Kier alpha value is -3.42. The third kappa shape index (κ3) is 14.9. The van der Waals surface area contributed by atoms with Gasteiger partial charge in [0.05, 0.1) is 56.3 Å². The minimum absolute atomic E-state index is 0.0158. The largest absolute Gasteiger partial charge is 0.479 e. The van der Waals surface area contributed by atoms with E-state index in [2.05, 4.69) is 26.8 Å². The van der Waals surface area contributed by atoms with Gasteiger partial charge in [-0.2, -0.15) is 0 Å². The monoisotopic (exact) mass is 1580 g/mol. The van der Waals surface area contributed by atoms with Crippen LogP contribution in [0.15, 0.2) is 11.6 Å². The van der Waals surface area contributed by atoms with E-state index in [1.807, 2.05) is 13.8 Å². The summed E-state index contributed by atoms with van der Waals surface area (Å²) < 4.78 is 89.9. The van der Waals surface area contributed by atoms with Crippen LogP contribution in [0.25, 0.3) is 0 Å². The molecule has 19 N–H and O–H groups in total. The zero-order chi connectivity index (χ0) is 80.5. The second-order valence-corrected chi connectivity index (χ2v) is 34.2. The third-order valence-electron chi connectivity index (χ3n) is 27.1. The number of allylic oxidation sites excluding steroid dienone is 2. The number of aldehydes is 1. The zero-order valence-corrected chi connectivity index (χ0v) is 62.5. The van der Waals surface area contributed by atoms with Crippen LogP contribution < -0.4 is 0 Å². The van der Waals surface area contributed by atoms with Gasteiger partial charge < -0.3 is 173 Å². The predicted octanol–water partition coefficient (Wildman–Crippen LogP) is -6.42. The maximum Gasteiger partial charge on any atom is 0.335 e. The van der Waals surface area contributed by atoms with E-state index in [9.17, 15) is 111 Å². The Kier molecular flexibility index (Phi) is 25.4. The SMILES string of the molecule is CC(=O)O[C@H]1[C@@H](O)[C@H](O)[C@H](O[C@H]2[C@H](OC(=O)[C@]34CCC(C)(C)C[C@H]3C3=CC[C@@H]5[C@@]6(C)CC[C@H](O[C@@H]7O[C@H](C(=O)O)[C@@H](O)[C@H](O[C@@H]8OC[C@@H](O)[C@H](O)[C@H]8O)[C@H]7O[C@@H]7O[C@H](CO)[C@H](O)[C@H](O)[C@H]7O)[C@@](C)(C=O)[C@@H]6CC[C@@]5(C)[C@]3(C)C[C@H]4O)O[C@H](C)[C@H](O[C@@H]3O[C@@H](C)[C@H](O[C@@H]4OC[C@@H](O)[C@H](O)[C@H]4O)[C@H](O)[C@H]3O)[C@@H]2O)O[C@@H]1CO. The standard InChI is InChI=1S/C72H112O38/c1-25-51(104-59-44(86)38(80)30(77)22-96-59)42(84)47(89)61(98-25)105-52-26(2)99-64(56(49(52)91)108-63-48(90)43(85)53(100-27(3)76)33(21-74)102-63)110-66(95)72-17-16-67(4,5)18-29(72)28-10-11-35-68(6)14-13-37(69(7,24-75)34(68)12-15-70(35,8)71(28,9)19-36(72)79)103-65-57(109-62-46(88)41(83)40(82)32(20-73)101-62)54(50(92)55(107-65)58(93)94)106-60-45(87)39(81)31(78)23-97-60/h10,24-26,29-57,59-65,73-74,77-92H,11-23H2,1-9H3,(H,93,94)/t25-,26+,29-,30+,31+,32+,33+,34+,35+,36+,37-,38-,39-,40-,41-,42+,43-,44+,45+,46+,47+,48-,49-,50-,51-,52-,53+,54-,55-,56+,57+,59-,60-,61-,62-,63-,64-,65+,68-,69-,70+,71+,72+/m0/s1. The highest BCUT2D eigenvalue weighted by molar-refractivity contribution is 5.80. The molecule has 11 fully saturated rings. The smallest absolute Gasteiger partial charge is 0.335 e. The topological polar surface area (TPSA) is 591 Å². The van der Waals surface area contributed by atoms with Crippen LogP contribution in [0.4, 0.5) is 0 Å². The Morgan fingerprint density at radius 3 is 1.59 bits per heavy atom. The van der Waals surface area contributed by atoms with Crippen molar-refractivity contribution in [1.29, 1.82) is 0 Å². The number of ether oxygens (including phenoxy) is 15. The molecule has 38 heteroatoms. The van der Waals surface area contributed by atoms with E-state index in [1.165, 1.54) is 13.8 Å². The number of aliphatic hydroxyl groups is 18. The summed E-state index contributed by atoms with van der Waals surface area (Å²) in [6, 6.07) is 0. The molecular formula is C72H112O38. The van der Waals surface area contributed by atoms with Crippen LogP contribution in [-0.4, -0.2) is 363 Å². The van der Waals surface area contributed by atoms with Crippen molar-refractivity contribution in [2.75, 3.05) is 26.4 Å². The van der Waals surface area contributed by atoms with Gasteiger partial charge in [0.25, 0.3) is 0 Å². The quantitative estimate of drug-likeness (QED) is 0.0247. The van der Waals surface area contributed by atoms with Crippen LogP contribution in [0, 0.1) is 50.2 Å². The first-order valence-corrected chi connectivity index (χ1v) is 37.9. The van der Waals surface area contributed by atoms with Crippen LogP contribution in [0.1, 0.15) is 120 Å². The number of hydrogen-bond acceptors (Lipinski definition) is 37. The highest BCUT2D eigenvalue weighted by Crippen LogP contribution is 2.76. The number of aliphatic hydroxyl groups excluding tert-OH is 18. The van der Waals surface area contributed by atoms with Crippen molar-refractivity contribution in [2.45, 2.75) is 335 Å². The lowest BCUT2D eigenvalue weighted by molar-refractivity contribution is -0.391. The molecule has 0 bridgehead atoms. The van der Waals surface area contributed by atoms with Crippen molar-refractivity contribution in [3.8, 4) is 0 Å². The molecule has 0 spiro atoms. The first-order valence-electron chi connectivity index (χ1n) is 37.9. The average molecular weight is 1590 g/mol. The average Bonchev–Trinajstić information content (AvgIpc) is 0.669. The third-order valence-corrected chi connectivity index (χ3v) is 27.1. The number of carboxylic acids is 1. The summed E-state index contributed by atoms with van der Waals surface area (Å²) in [7, 11) is 0. The van der Waals surface area contributed by atoms with Gasteiger partial charge in [0, 0.05) is 6.92 Å². The van der Waals surface area contributed by atoms with Crippen molar-refractivity contribution in [3.63, 3.8) is 0 Å². The molecule has 0 unspecified atom stereocenters. The van der Waals surface area contributed by atoms with Gasteiger partial charge in [-0.05, 0) is 111 Å². The zero-order valence-electron chi connectivity index (χ0n) is 62.5. The molecular weight excluding hydrogens is 1470 g/mol. The van der Waals surface area contributed by atoms with Gasteiger partial charge in [-0.25, -0.2) is 4.79 Å². The van der Waals surface area contributed by atoms with Gasteiger partial charge in [-0.1, -0.05) is 53.2 Å². The Labute approximate surface area is 632 Å². The van der Waals surface area contributed by atoms with Gasteiger partial charge in [0.1, 0.15) is 140 Å². The first kappa shape index (κ1) is 85.9. The molecule has 12 rings (SSSR count). The maximum atomic E-state index is 16.1. The molecule has 628 valence electrons. The predicted molar refractivity (Wildman–Crippen MR) is 358 cm³/mol. The summed E-state index contributed by atoms with van der Waals surface area (Å²) in [5, 5.41) is 211. The molecule has 12 aliphatic rings. The maximum absolute atomic E-state index is 16.1. The number of hydrogen-bond donors (Lipinski definition) is 19. The van der Waals surface area contributed by atoms with E-state index in [0.717, 1.165) is 18.8 Å². The van der Waals surface area contributed by atoms with Crippen LogP contribution >= 0.6 is 0 Å². The van der Waals surface area contributed by atoms with E-state index in [4.69, 9.17) is 71.1 Å². The molecule has 4 saturated carbocycles. The van der Waals surface area contributed by atoms with Gasteiger partial charge in [-0.3, -0.25) is 9.59 Å². The number of carboxylic acid groups (broad SMARTS) is 1. The van der Waals surface area contributed by atoms with E-state index < -0.39 is 304 Å². The van der Waals surface area contributed by atoms with Gasteiger partial charge >= 0.3 is 17.9 Å². The molecule has 0 aromatic carbocycles. The normalized spacial score (nSPS) is 53.7. The summed E-state index contributed by atoms with van der Waals surface area (Å²) in [6.45, 7) is 13.0. The van der Waals surface area contributed by atoms with Crippen molar-refractivity contribution < 1.29 is 187 Å². The fraction of sp³-hybridized carbons (Fsp3) is 0.917. The minimum Gasteiger partial charge on any atom is -0.479 e. The molecule has 5 aliphatic carbocycles. The van der Waals surface area contributed by atoms with Crippen LogP contribution in [0.3, 0.4) is 0 Å². The van der Waals surface area contributed by atoms with E-state index >= 15 is 4.79 Å². The molecule has 0 aromatic heterocycles. The van der Waals surface area contributed by atoms with Crippen molar-refractivity contribution in [1.82, 2.24) is 0 Å². The Bertz CT molecular complexity index is 3260. The van der Waals surface area contributed by atoms with Crippen molar-refractivity contribution >= 4 is 24.2 Å². The highest BCUT2D eigenvalue weighted by atomic mass is 16.8. The summed E-state index contributed by atoms with van der Waals surface area (Å²) in [4.78, 5) is 55.6. The lowest BCUT2D eigenvalue weighted by Gasteiger charge is -2.71. The van der Waals surface area contributed by atoms with Gasteiger partial charge in [-0.15, -0.1) is 0 Å². The molecule has 7 heterocycles. The first-order chi connectivity index (χ1) is 51.6. The fourth-order valence-corrected chi connectivity index (χ4v) is 20.6. The molecule has 7 aliphatic heterocycles. The summed E-state index contributed by atoms with van der Waals surface area (Å²) in [5.74, 6) is -5.19. The molecule has 0 aromatic rings. The number of aliphatic carboxylic acids is 1. The Morgan fingerprint density at radius 1 is 0.491 bits per heavy atom. The van der Waals surface area contributed by atoms with E-state index in [-0.39, 0.29) is 25.2 Å². The Morgan fingerprint density at radius 2 is 1.01 bits per heavy atom. The van der Waals surface area contributed by atoms with Crippen molar-refractivity contribution in [3.05, 3.63) is 11.6 Å². The lowest BCUT2D eigenvalue weighted by Crippen LogP contribution is -2.69. The number of fused-ring (bicyclic) bond motifs is 7. The van der Waals surface area contributed by atoms with Gasteiger partial charge in [0.2, 0.25) is 6.29 Å². The highest BCUT2D eigenvalue weighted by Gasteiger charge is 2.73. The molecule has 7 saturated heterocycles. The van der Waals surface area contributed by atoms with E-state index in [1.54, 1.807) is 6.92 Å². The number of carbonyl (C=O) groups excluding carboxylic acids is 3. The second-order valence-electron chi connectivity index (χ2n) is 34.2. The molecule has 110 heavy (non-hydrogen) atoms. The minimum atomic E-state index is -2.24. The fourth-order valence-electron chi connectivity index (χ4n) is 20.6. The molecule has 43 atom stereocenters.